The van der Waals surface area contributed by atoms with Crippen molar-refractivity contribution in [1.29, 1.82) is 0 Å². The third-order valence-corrected chi connectivity index (χ3v) is 3.35. The van der Waals surface area contributed by atoms with Crippen LogP contribution in [0.5, 0.6) is 0 Å². The lowest BCUT2D eigenvalue weighted by Crippen LogP contribution is -2.06. The lowest BCUT2D eigenvalue weighted by Gasteiger charge is -2.02. The van der Waals surface area contributed by atoms with Crippen molar-refractivity contribution >= 4 is 28.4 Å². The van der Waals surface area contributed by atoms with Gasteiger partial charge in [-0.2, -0.15) is 0 Å². The maximum absolute atomic E-state index is 12.7. The third kappa shape index (κ3) is 3.91. The van der Waals surface area contributed by atoms with E-state index in [0.717, 1.165) is 14.7 Å². The summed E-state index contributed by atoms with van der Waals surface area (Å²) in [6.45, 7) is 0. The summed E-state index contributed by atoms with van der Waals surface area (Å²) < 4.78 is 13.9. The second-order valence-corrected chi connectivity index (χ2v) is 5.39. The fourth-order valence-electron chi connectivity index (χ4n) is 1.72. The van der Waals surface area contributed by atoms with Crippen molar-refractivity contribution in [2.24, 2.45) is 0 Å². The summed E-state index contributed by atoms with van der Waals surface area (Å²) in [6, 6.07) is 14.0. The zero-order chi connectivity index (χ0) is 13.0. The van der Waals surface area contributed by atoms with Gasteiger partial charge in [-0.1, -0.05) is 24.3 Å². The van der Waals surface area contributed by atoms with Gasteiger partial charge in [-0.25, -0.2) is 4.39 Å². The number of carbonyl (C=O) groups excluding carboxylic acids is 1. The van der Waals surface area contributed by atoms with E-state index in [2.05, 4.69) is 22.6 Å². The summed E-state index contributed by atoms with van der Waals surface area (Å²) in [4.78, 5) is 11.9. The van der Waals surface area contributed by atoms with Gasteiger partial charge >= 0.3 is 0 Å². The van der Waals surface area contributed by atoms with Gasteiger partial charge in [0.1, 0.15) is 11.6 Å². The maximum atomic E-state index is 12.7. The predicted molar refractivity (Wildman–Crippen MR) is 78.0 cm³/mol. The molecule has 92 valence electrons. The van der Waals surface area contributed by atoms with Crippen molar-refractivity contribution in [3.63, 3.8) is 0 Å². The van der Waals surface area contributed by atoms with Crippen molar-refractivity contribution in [2.75, 3.05) is 0 Å². The first-order valence-corrected chi connectivity index (χ1v) is 6.72. The normalized spacial score (nSPS) is 10.3. The second-order valence-electron chi connectivity index (χ2n) is 4.15. The van der Waals surface area contributed by atoms with Crippen molar-refractivity contribution in [3.05, 3.63) is 69.0 Å². The number of hydrogen-bond acceptors (Lipinski definition) is 1. The zero-order valence-corrected chi connectivity index (χ0v) is 11.9. The van der Waals surface area contributed by atoms with Crippen molar-refractivity contribution < 1.29 is 9.18 Å². The highest BCUT2D eigenvalue weighted by Crippen LogP contribution is 2.10. The Morgan fingerprint density at radius 3 is 1.83 bits per heavy atom. The highest BCUT2D eigenvalue weighted by Gasteiger charge is 2.05. The quantitative estimate of drug-likeness (QED) is 0.764. The molecule has 0 saturated heterocycles. The van der Waals surface area contributed by atoms with E-state index < -0.39 is 0 Å². The highest BCUT2D eigenvalue weighted by molar-refractivity contribution is 14.1. The van der Waals surface area contributed by atoms with Crippen LogP contribution in [0, 0.1) is 9.39 Å². The third-order valence-electron chi connectivity index (χ3n) is 2.63. The molecule has 0 unspecified atom stereocenters. The van der Waals surface area contributed by atoms with Gasteiger partial charge in [-0.3, -0.25) is 4.79 Å². The van der Waals surface area contributed by atoms with Crippen LogP contribution in [0.4, 0.5) is 4.39 Å². The van der Waals surface area contributed by atoms with Crippen molar-refractivity contribution in [1.82, 2.24) is 0 Å². The second kappa shape index (κ2) is 6.09. The van der Waals surface area contributed by atoms with Gasteiger partial charge in [-0.15, -0.1) is 0 Å². The Bertz CT molecular complexity index is 482. The molecule has 2 rings (SSSR count). The van der Waals surface area contributed by atoms with Crippen LogP contribution < -0.4 is 0 Å². The summed E-state index contributed by atoms with van der Waals surface area (Å²) in [5.74, 6) is -0.133. The van der Waals surface area contributed by atoms with E-state index in [1.54, 1.807) is 12.1 Å². The Labute approximate surface area is 119 Å². The number of Topliss-reactive ketones (excluding diaryl/α,β-unsaturated/α-hetero) is 1. The molecule has 0 radical (unpaired) electrons. The van der Waals surface area contributed by atoms with Crippen LogP contribution in [-0.2, 0) is 17.6 Å². The minimum Gasteiger partial charge on any atom is -0.299 e. The largest absolute Gasteiger partial charge is 0.299 e. The SMILES string of the molecule is O=C(Cc1ccc(F)cc1)Cc1ccc(I)cc1. The Balaban J connectivity index is 1.96. The van der Waals surface area contributed by atoms with E-state index in [0.29, 0.717) is 12.8 Å². The van der Waals surface area contributed by atoms with Gasteiger partial charge in [0.25, 0.3) is 0 Å². The predicted octanol–water partition coefficient (Wildman–Crippen LogP) is 3.78. The summed E-state index contributed by atoms with van der Waals surface area (Å²) in [7, 11) is 0. The summed E-state index contributed by atoms with van der Waals surface area (Å²) in [6.07, 6.45) is 0.778. The van der Waals surface area contributed by atoms with Crippen LogP contribution in [0.3, 0.4) is 0 Å². The molecule has 0 bridgehead atoms. The number of ketones is 1. The minimum atomic E-state index is -0.274. The molecule has 0 atom stereocenters. The number of benzene rings is 2. The van der Waals surface area contributed by atoms with Gasteiger partial charge in [0.15, 0.2) is 0 Å². The molecule has 0 aromatic heterocycles. The summed E-state index contributed by atoms with van der Waals surface area (Å²) in [5, 5.41) is 0. The minimum absolute atomic E-state index is 0.141. The first-order chi connectivity index (χ1) is 8.63. The molecular weight excluding hydrogens is 342 g/mol. The summed E-state index contributed by atoms with van der Waals surface area (Å²) in [5.41, 5.74) is 1.87. The first kappa shape index (κ1) is 13.2. The van der Waals surface area contributed by atoms with Crippen LogP contribution in [0.25, 0.3) is 0 Å². The van der Waals surface area contributed by atoms with E-state index in [-0.39, 0.29) is 11.6 Å². The number of carbonyl (C=O) groups is 1. The molecule has 2 aromatic carbocycles. The fraction of sp³-hybridized carbons (Fsp3) is 0.133. The molecular formula is C15H12FIO. The van der Waals surface area contributed by atoms with E-state index in [1.165, 1.54) is 12.1 Å². The smallest absolute Gasteiger partial charge is 0.141 e. The van der Waals surface area contributed by atoms with E-state index in [1.807, 2.05) is 24.3 Å². The maximum Gasteiger partial charge on any atom is 0.141 e. The van der Waals surface area contributed by atoms with Crippen LogP contribution in [0.15, 0.2) is 48.5 Å². The van der Waals surface area contributed by atoms with Gasteiger partial charge < -0.3 is 0 Å². The fourth-order valence-corrected chi connectivity index (χ4v) is 2.08. The van der Waals surface area contributed by atoms with Gasteiger partial charge in [0.2, 0.25) is 0 Å². The Hall–Kier alpha value is -1.23. The number of halogens is 2. The molecule has 0 saturated carbocycles. The Morgan fingerprint density at radius 1 is 0.889 bits per heavy atom. The topological polar surface area (TPSA) is 17.1 Å². The van der Waals surface area contributed by atoms with Crippen molar-refractivity contribution in [3.8, 4) is 0 Å². The molecule has 0 aliphatic heterocycles. The molecule has 18 heavy (non-hydrogen) atoms. The van der Waals surface area contributed by atoms with Crippen molar-refractivity contribution in [2.45, 2.75) is 12.8 Å². The van der Waals surface area contributed by atoms with Crippen LogP contribution in [0.2, 0.25) is 0 Å². The molecule has 0 fully saturated rings. The monoisotopic (exact) mass is 354 g/mol. The van der Waals surface area contributed by atoms with Crippen LogP contribution in [0.1, 0.15) is 11.1 Å². The standard InChI is InChI=1S/C15H12FIO/c16-13-5-1-11(2-6-13)9-15(18)10-12-3-7-14(17)8-4-12/h1-8H,9-10H2. The number of hydrogen-bond donors (Lipinski definition) is 0. The van der Waals surface area contributed by atoms with E-state index in [4.69, 9.17) is 0 Å². The average molecular weight is 354 g/mol. The van der Waals surface area contributed by atoms with E-state index >= 15 is 0 Å². The molecule has 1 nitrogen and oxygen atoms in total. The molecule has 3 heteroatoms. The van der Waals surface area contributed by atoms with E-state index in [9.17, 15) is 9.18 Å². The summed E-state index contributed by atoms with van der Waals surface area (Å²) >= 11 is 2.23. The highest BCUT2D eigenvalue weighted by atomic mass is 127. The molecule has 2 aromatic rings. The Morgan fingerprint density at radius 2 is 1.33 bits per heavy atom. The average Bonchev–Trinajstić information content (AvgIpc) is 2.35. The molecule has 0 aliphatic carbocycles. The molecule has 0 amide bonds. The zero-order valence-electron chi connectivity index (χ0n) is 9.70. The lowest BCUT2D eigenvalue weighted by molar-refractivity contribution is -0.117. The lowest BCUT2D eigenvalue weighted by atomic mass is 10.0. The van der Waals surface area contributed by atoms with Gasteiger partial charge in [-0.05, 0) is 58.0 Å². The van der Waals surface area contributed by atoms with Gasteiger partial charge in [0, 0.05) is 16.4 Å². The molecule has 0 N–H and O–H groups in total. The van der Waals surface area contributed by atoms with Gasteiger partial charge in [0.05, 0.1) is 0 Å². The first-order valence-electron chi connectivity index (χ1n) is 5.64. The molecule has 0 aliphatic rings. The molecule has 0 heterocycles. The van der Waals surface area contributed by atoms with Crippen LogP contribution >= 0.6 is 22.6 Å². The van der Waals surface area contributed by atoms with Crippen LogP contribution in [-0.4, -0.2) is 5.78 Å². The molecule has 0 spiro atoms. The number of rotatable bonds is 4. The Kier molecular flexibility index (Phi) is 4.47.